The summed E-state index contributed by atoms with van der Waals surface area (Å²) in [7, 11) is 0. The summed E-state index contributed by atoms with van der Waals surface area (Å²) in [5.74, 6) is 0.769. The fraction of sp³-hybridized carbons (Fsp3) is 0.545. The summed E-state index contributed by atoms with van der Waals surface area (Å²) >= 11 is 3.40. The van der Waals surface area contributed by atoms with Gasteiger partial charge in [0.2, 0.25) is 0 Å². The summed E-state index contributed by atoms with van der Waals surface area (Å²) in [5, 5.41) is 3.43. The molecule has 0 bridgehead atoms. The number of nitrogens with one attached hydrogen (secondary N) is 1. The molecule has 1 unspecified atom stereocenters. The second-order valence-electron chi connectivity index (χ2n) is 3.87. The zero-order chi connectivity index (χ0) is 9.80. The maximum Gasteiger partial charge on any atom is 0.106 e. The van der Waals surface area contributed by atoms with Gasteiger partial charge in [-0.25, -0.2) is 4.98 Å². The molecule has 3 heteroatoms. The van der Waals surface area contributed by atoms with Gasteiger partial charge in [0.15, 0.2) is 0 Å². The van der Waals surface area contributed by atoms with Crippen molar-refractivity contribution in [3.63, 3.8) is 0 Å². The van der Waals surface area contributed by atoms with Crippen molar-refractivity contribution in [3.05, 3.63) is 28.5 Å². The van der Waals surface area contributed by atoms with E-state index in [0.717, 1.165) is 23.5 Å². The lowest BCUT2D eigenvalue weighted by Crippen LogP contribution is -2.31. The first-order valence-corrected chi connectivity index (χ1v) is 5.96. The lowest BCUT2D eigenvalue weighted by atomic mass is 9.94. The Bertz CT molecular complexity index is 295. The first-order valence-electron chi connectivity index (χ1n) is 5.17. The summed E-state index contributed by atoms with van der Waals surface area (Å²) in [6.45, 7) is 2.33. The standard InChI is InChI=1S/C11H15BrN2/c12-11-5-1-4-10(14-11)7-9-3-2-6-13-8-9/h1,4-5,9,13H,2-3,6-8H2. The molecule has 1 aromatic rings. The van der Waals surface area contributed by atoms with Crippen molar-refractivity contribution < 1.29 is 0 Å². The molecule has 1 aliphatic rings. The number of nitrogens with zero attached hydrogens (tertiary/aromatic N) is 1. The minimum absolute atomic E-state index is 0.769. The largest absolute Gasteiger partial charge is 0.316 e. The Morgan fingerprint density at radius 2 is 2.43 bits per heavy atom. The third kappa shape index (κ3) is 2.79. The Labute approximate surface area is 93.3 Å². The van der Waals surface area contributed by atoms with Gasteiger partial charge in [0.05, 0.1) is 0 Å². The lowest BCUT2D eigenvalue weighted by Gasteiger charge is -2.22. The summed E-state index contributed by atoms with van der Waals surface area (Å²) < 4.78 is 0.943. The molecule has 1 atom stereocenters. The molecule has 14 heavy (non-hydrogen) atoms. The van der Waals surface area contributed by atoms with Crippen LogP contribution in [-0.4, -0.2) is 18.1 Å². The van der Waals surface area contributed by atoms with Crippen LogP contribution >= 0.6 is 15.9 Å². The van der Waals surface area contributed by atoms with Crippen LogP contribution in [0.15, 0.2) is 22.8 Å². The van der Waals surface area contributed by atoms with Crippen LogP contribution in [0.3, 0.4) is 0 Å². The van der Waals surface area contributed by atoms with Gasteiger partial charge in [-0.15, -0.1) is 0 Å². The van der Waals surface area contributed by atoms with E-state index in [2.05, 4.69) is 38.4 Å². The predicted octanol–water partition coefficient (Wildman–Crippen LogP) is 2.39. The van der Waals surface area contributed by atoms with Gasteiger partial charge in [-0.05, 0) is 66.3 Å². The Kier molecular flexibility index (Phi) is 3.54. The second-order valence-corrected chi connectivity index (χ2v) is 4.68. The normalized spacial score (nSPS) is 22.2. The van der Waals surface area contributed by atoms with Crippen molar-refractivity contribution in [2.45, 2.75) is 19.3 Å². The molecule has 0 spiro atoms. The smallest absolute Gasteiger partial charge is 0.106 e. The molecule has 0 saturated carbocycles. The minimum Gasteiger partial charge on any atom is -0.316 e. The zero-order valence-electron chi connectivity index (χ0n) is 8.17. The van der Waals surface area contributed by atoms with Crippen LogP contribution in [0.4, 0.5) is 0 Å². The van der Waals surface area contributed by atoms with Gasteiger partial charge in [0.1, 0.15) is 4.60 Å². The highest BCUT2D eigenvalue weighted by atomic mass is 79.9. The molecule has 76 valence electrons. The van der Waals surface area contributed by atoms with Crippen molar-refractivity contribution in [1.82, 2.24) is 10.3 Å². The van der Waals surface area contributed by atoms with Gasteiger partial charge in [0, 0.05) is 5.69 Å². The molecule has 1 saturated heterocycles. The molecule has 1 N–H and O–H groups in total. The highest BCUT2D eigenvalue weighted by Crippen LogP contribution is 2.16. The Morgan fingerprint density at radius 1 is 1.50 bits per heavy atom. The average molecular weight is 255 g/mol. The van der Waals surface area contributed by atoms with Gasteiger partial charge in [0.25, 0.3) is 0 Å². The molecule has 0 radical (unpaired) electrons. The van der Waals surface area contributed by atoms with Crippen LogP contribution in [-0.2, 0) is 6.42 Å². The Balaban J connectivity index is 1.95. The Hall–Kier alpha value is -0.410. The van der Waals surface area contributed by atoms with E-state index in [1.165, 1.54) is 25.1 Å². The lowest BCUT2D eigenvalue weighted by molar-refractivity contribution is 0.373. The molecule has 1 aliphatic heterocycles. The summed E-state index contributed by atoms with van der Waals surface area (Å²) in [5.41, 5.74) is 1.20. The first-order chi connectivity index (χ1) is 6.84. The molecule has 2 nitrogen and oxygen atoms in total. The molecular formula is C11H15BrN2. The molecule has 1 aromatic heterocycles. The molecule has 2 heterocycles. The van der Waals surface area contributed by atoms with E-state index in [4.69, 9.17) is 0 Å². The third-order valence-corrected chi connectivity index (χ3v) is 3.11. The second kappa shape index (κ2) is 4.89. The monoisotopic (exact) mass is 254 g/mol. The number of aromatic nitrogens is 1. The zero-order valence-corrected chi connectivity index (χ0v) is 9.76. The van der Waals surface area contributed by atoms with Gasteiger partial charge in [-0.1, -0.05) is 6.07 Å². The maximum absolute atomic E-state index is 4.46. The number of pyridine rings is 1. The first kappa shape index (κ1) is 10.1. The number of hydrogen-bond acceptors (Lipinski definition) is 2. The van der Waals surface area contributed by atoms with E-state index in [1.807, 2.05) is 6.07 Å². The fourth-order valence-electron chi connectivity index (χ4n) is 1.96. The van der Waals surface area contributed by atoms with Crippen LogP contribution in [0.5, 0.6) is 0 Å². The molecule has 0 aromatic carbocycles. The molecule has 2 rings (SSSR count). The Morgan fingerprint density at radius 3 is 3.14 bits per heavy atom. The topological polar surface area (TPSA) is 24.9 Å². The molecule has 0 aliphatic carbocycles. The molecule has 1 fully saturated rings. The third-order valence-electron chi connectivity index (χ3n) is 2.67. The van der Waals surface area contributed by atoms with E-state index >= 15 is 0 Å². The van der Waals surface area contributed by atoms with Crippen LogP contribution in [0.2, 0.25) is 0 Å². The van der Waals surface area contributed by atoms with E-state index in [1.54, 1.807) is 0 Å². The van der Waals surface area contributed by atoms with Crippen LogP contribution in [0.25, 0.3) is 0 Å². The van der Waals surface area contributed by atoms with Gasteiger partial charge in [-0.3, -0.25) is 0 Å². The van der Waals surface area contributed by atoms with Gasteiger partial charge < -0.3 is 5.32 Å². The summed E-state index contributed by atoms with van der Waals surface area (Å²) in [6, 6.07) is 6.14. The van der Waals surface area contributed by atoms with Crippen molar-refractivity contribution in [1.29, 1.82) is 0 Å². The van der Waals surface area contributed by atoms with Crippen LogP contribution in [0.1, 0.15) is 18.5 Å². The molecular weight excluding hydrogens is 240 g/mol. The van der Waals surface area contributed by atoms with E-state index in [-0.39, 0.29) is 0 Å². The number of halogens is 1. The van der Waals surface area contributed by atoms with E-state index in [9.17, 15) is 0 Å². The highest BCUT2D eigenvalue weighted by Gasteiger charge is 2.13. The van der Waals surface area contributed by atoms with Crippen molar-refractivity contribution in [2.24, 2.45) is 5.92 Å². The molecule has 0 amide bonds. The number of hydrogen-bond donors (Lipinski definition) is 1. The number of piperidine rings is 1. The number of rotatable bonds is 2. The summed E-state index contributed by atoms with van der Waals surface area (Å²) in [6.07, 6.45) is 3.74. The van der Waals surface area contributed by atoms with Gasteiger partial charge >= 0.3 is 0 Å². The van der Waals surface area contributed by atoms with E-state index in [0.29, 0.717) is 0 Å². The van der Waals surface area contributed by atoms with Crippen LogP contribution < -0.4 is 5.32 Å². The average Bonchev–Trinajstić information content (AvgIpc) is 2.19. The maximum atomic E-state index is 4.46. The minimum atomic E-state index is 0.769. The SMILES string of the molecule is Brc1cccc(CC2CCCNC2)n1. The van der Waals surface area contributed by atoms with Crippen molar-refractivity contribution >= 4 is 15.9 Å². The fourth-order valence-corrected chi connectivity index (χ4v) is 2.34. The van der Waals surface area contributed by atoms with Gasteiger partial charge in [-0.2, -0.15) is 0 Å². The van der Waals surface area contributed by atoms with Crippen LogP contribution in [0, 0.1) is 5.92 Å². The van der Waals surface area contributed by atoms with Crippen molar-refractivity contribution in [2.75, 3.05) is 13.1 Å². The van der Waals surface area contributed by atoms with Crippen molar-refractivity contribution in [3.8, 4) is 0 Å². The predicted molar refractivity (Wildman–Crippen MR) is 61.2 cm³/mol. The van der Waals surface area contributed by atoms with E-state index < -0.39 is 0 Å². The quantitative estimate of drug-likeness (QED) is 0.821. The summed E-state index contributed by atoms with van der Waals surface area (Å²) in [4.78, 5) is 4.46. The highest BCUT2D eigenvalue weighted by molar-refractivity contribution is 9.10.